The van der Waals surface area contributed by atoms with E-state index in [4.69, 9.17) is 9.47 Å². The molecule has 0 radical (unpaired) electrons. The molecule has 3 nitrogen and oxygen atoms in total. The molecule has 1 saturated heterocycles. The monoisotopic (exact) mass is 363 g/mol. The average molecular weight is 364 g/mol. The van der Waals surface area contributed by atoms with E-state index < -0.39 is 0 Å². The first kappa shape index (κ1) is 18.1. The number of rotatable bonds is 6. The molecular formula is C24H29NO2. The van der Waals surface area contributed by atoms with Gasteiger partial charge in [0.1, 0.15) is 18.1 Å². The van der Waals surface area contributed by atoms with Gasteiger partial charge in [-0.25, -0.2) is 0 Å². The summed E-state index contributed by atoms with van der Waals surface area (Å²) in [5, 5.41) is 0. The number of methoxy groups -OCH3 is 1. The minimum absolute atomic E-state index is 0.571. The van der Waals surface area contributed by atoms with Crippen molar-refractivity contribution in [2.75, 3.05) is 20.2 Å². The lowest BCUT2D eigenvalue weighted by Gasteiger charge is -2.42. The lowest BCUT2D eigenvalue weighted by atomic mass is 9.86. The van der Waals surface area contributed by atoms with Crippen molar-refractivity contribution in [3.05, 3.63) is 65.2 Å². The van der Waals surface area contributed by atoms with E-state index in [-0.39, 0.29) is 0 Å². The Balaban J connectivity index is 1.37. The van der Waals surface area contributed by atoms with Crippen molar-refractivity contribution in [1.29, 1.82) is 0 Å². The zero-order valence-electron chi connectivity index (χ0n) is 16.2. The van der Waals surface area contributed by atoms with Gasteiger partial charge in [-0.3, -0.25) is 4.90 Å². The first-order valence-electron chi connectivity index (χ1n) is 10.1. The molecule has 0 bridgehead atoms. The summed E-state index contributed by atoms with van der Waals surface area (Å²) in [7, 11) is 1.68. The maximum atomic E-state index is 5.93. The maximum absolute atomic E-state index is 5.93. The molecule has 1 aliphatic heterocycles. The van der Waals surface area contributed by atoms with E-state index in [0.717, 1.165) is 17.1 Å². The van der Waals surface area contributed by atoms with E-state index in [9.17, 15) is 0 Å². The van der Waals surface area contributed by atoms with Crippen molar-refractivity contribution in [1.82, 2.24) is 4.90 Å². The van der Waals surface area contributed by atoms with E-state index in [1.54, 1.807) is 12.7 Å². The highest BCUT2D eigenvalue weighted by atomic mass is 16.5. The molecule has 27 heavy (non-hydrogen) atoms. The molecule has 2 aromatic carbocycles. The van der Waals surface area contributed by atoms with E-state index in [1.165, 1.54) is 50.8 Å². The normalized spacial score (nSPS) is 21.7. The molecule has 142 valence electrons. The van der Waals surface area contributed by atoms with Crippen LogP contribution in [0.25, 0.3) is 6.08 Å². The van der Waals surface area contributed by atoms with Crippen molar-refractivity contribution < 1.29 is 9.47 Å². The topological polar surface area (TPSA) is 21.7 Å². The smallest absolute Gasteiger partial charge is 0.119 e. The molecule has 0 N–H and O–H groups in total. The number of nitrogens with zero attached hydrogens (tertiary/aromatic N) is 1. The highest BCUT2D eigenvalue weighted by Gasteiger charge is 2.28. The van der Waals surface area contributed by atoms with Gasteiger partial charge in [0.25, 0.3) is 0 Å². The van der Waals surface area contributed by atoms with E-state index in [1.807, 2.05) is 24.3 Å². The van der Waals surface area contributed by atoms with Crippen LogP contribution in [0.15, 0.2) is 54.1 Å². The summed E-state index contributed by atoms with van der Waals surface area (Å²) >= 11 is 0. The van der Waals surface area contributed by atoms with Crippen LogP contribution in [-0.4, -0.2) is 31.1 Å². The standard InChI is InChI=1S/C24H29NO2/c1-26-22-11-9-20(10-12-22)18-27-23-13-7-19(8-14-23)17-21-5-2-3-6-24(21)25-15-4-16-25/h7-14,17,24H,2-6,15-16,18H2,1H3/b21-17-. The highest BCUT2D eigenvalue weighted by Crippen LogP contribution is 2.32. The summed E-state index contributed by atoms with van der Waals surface area (Å²) in [5.74, 6) is 1.78. The Morgan fingerprint density at radius 1 is 0.926 bits per heavy atom. The molecule has 1 unspecified atom stereocenters. The minimum Gasteiger partial charge on any atom is -0.497 e. The molecule has 0 aromatic heterocycles. The van der Waals surface area contributed by atoms with Gasteiger partial charge in [-0.1, -0.05) is 42.3 Å². The van der Waals surface area contributed by atoms with Crippen LogP contribution in [0.5, 0.6) is 11.5 Å². The molecular weight excluding hydrogens is 334 g/mol. The van der Waals surface area contributed by atoms with Gasteiger partial charge in [-0.2, -0.15) is 0 Å². The summed E-state index contributed by atoms with van der Waals surface area (Å²) in [5.41, 5.74) is 4.05. The Morgan fingerprint density at radius 2 is 1.67 bits per heavy atom. The summed E-state index contributed by atoms with van der Waals surface area (Å²) < 4.78 is 11.1. The Bertz CT molecular complexity index is 760. The third-order valence-corrected chi connectivity index (χ3v) is 5.75. The first-order valence-corrected chi connectivity index (χ1v) is 10.1. The van der Waals surface area contributed by atoms with Crippen molar-refractivity contribution >= 4 is 6.08 Å². The molecule has 1 saturated carbocycles. The molecule has 2 fully saturated rings. The van der Waals surface area contributed by atoms with Crippen LogP contribution in [0, 0.1) is 0 Å². The third kappa shape index (κ3) is 4.54. The van der Waals surface area contributed by atoms with Crippen LogP contribution in [-0.2, 0) is 6.61 Å². The summed E-state index contributed by atoms with van der Waals surface area (Å²) in [6.45, 7) is 3.13. The average Bonchev–Trinajstić information content (AvgIpc) is 2.68. The van der Waals surface area contributed by atoms with Crippen LogP contribution in [0.2, 0.25) is 0 Å². The van der Waals surface area contributed by atoms with Gasteiger partial charge in [-0.05, 0) is 74.2 Å². The van der Waals surface area contributed by atoms with Gasteiger partial charge < -0.3 is 9.47 Å². The van der Waals surface area contributed by atoms with Crippen molar-refractivity contribution in [3.8, 4) is 11.5 Å². The van der Waals surface area contributed by atoms with Crippen LogP contribution in [0.4, 0.5) is 0 Å². The summed E-state index contributed by atoms with van der Waals surface area (Å²) in [6, 6.07) is 17.2. The predicted molar refractivity (Wildman–Crippen MR) is 110 cm³/mol. The largest absolute Gasteiger partial charge is 0.497 e. The number of hydrogen-bond acceptors (Lipinski definition) is 3. The molecule has 0 spiro atoms. The van der Waals surface area contributed by atoms with Gasteiger partial charge in [0.05, 0.1) is 7.11 Å². The fourth-order valence-electron chi connectivity index (χ4n) is 4.02. The Kier molecular flexibility index (Phi) is 5.78. The SMILES string of the molecule is COc1ccc(COc2ccc(/C=C3/CCCCC3N3CCC3)cc2)cc1. The second-order valence-corrected chi connectivity index (χ2v) is 7.58. The van der Waals surface area contributed by atoms with Crippen LogP contribution >= 0.6 is 0 Å². The second-order valence-electron chi connectivity index (χ2n) is 7.58. The number of ether oxygens (including phenoxy) is 2. The van der Waals surface area contributed by atoms with E-state index in [2.05, 4.69) is 35.2 Å². The van der Waals surface area contributed by atoms with E-state index >= 15 is 0 Å². The number of likely N-dealkylation sites (tertiary alicyclic amines) is 1. The lowest BCUT2D eigenvalue weighted by molar-refractivity contribution is 0.121. The zero-order valence-corrected chi connectivity index (χ0v) is 16.2. The second kappa shape index (κ2) is 8.62. The van der Waals surface area contributed by atoms with Crippen molar-refractivity contribution in [2.45, 2.75) is 44.8 Å². The first-order chi connectivity index (χ1) is 13.3. The molecule has 0 amide bonds. The minimum atomic E-state index is 0.571. The lowest BCUT2D eigenvalue weighted by Crippen LogP contribution is -2.46. The molecule has 2 aromatic rings. The van der Waals surface area contributed by atoms with Crippen LogP contribution in [0.3, 0.4) is 0 Å². The van der Waals surface area contributed by atoms with Crippen LogP contribution < -0.4 is 9.47 Å². The fraction of sp³-hybridized carbons (Fsp3) is 0.417. The van der Waals surface area contributed by atoms with Gasteiger partial charge in [0, 0.05) is 6.04 Å². The van der Waals surface area contributed by atoms with Crippen molar-refractivity contribution in [2.24, 2.45) is 0 Å². The van der Waals surface area contributed by atoms with Gasteiger partial charge in [0.15, 0.2) is 0 Å². The fourth-order valence-corrected chi connectivity index (χ4v) is 4.02. The molecule has 1 aliphatic carbocycles. The Morgan fingerprint density at radius 3 is 2.33 bits per heavy atom. The summed E-state index contributed by atoms with van der Waals surface area (Å²) in [6.07, 6.45) is 9.06. The van der Waals surface area contributed by atoms with Crippen molar-refractivity contribution in [3.63, 3.8) is 0 Å². The zero-order chi connectivity index (χ0) is 18.5. The maximum Gasteiger partial charge on any atom is 0.119 e. The number of benzene rings is 2. The predicted octanol–water partition coefficient (Wildman–Crippen LogP) is 5.31. The highest BCUT2D eigenvalue weighted by molar-refractivity contribution is 5.55. The van der Waals surface area contributed by atoms with Gasteiger partial charge in [-0.15, -0.1) is 0 Å². The molecule has 1 atom stereocenters. The Labute approximate surface area is 162 Å². The van der Waals surface area contributed by atoms with Gasteiger partial charge in [0.2, 0.25) is 0 Å². The molecule has 1 heterocycles. The quantitative estimate of drug-likeness (QED) is 0.694. The third-order valence-electron chi connectivity index (χ3n) is 5.75. The Hall–Kier alpha value is -2.26. The summed E-state index contributed by atoms with van der Waals surface area (Å²) in [4.78, 5) is 2.65. The van der Waals surface area contributed by atoms with Gasteiger partial charge >= 0.3 is 0 Å². The van der Waals surface area contributed by atoms with Crippen LogP contribution in [0.1, 0.15) is 43.2 Å². The molecule has 4 rings (SSSR count). The molecule has 3 heteroatoms. The van der Waals surface area contributed by atoms with E-state index in [0.29, 0.717) is 12.6 Å². The number of hydrogen-bond donors (Lipinski definition) is 0. The molecule has 2 aliphatic rings.